The molecule has 0 unspecified atom stereocenters. The molecule has 92 valence electrons. The first-order valence-corrected chi connectivity index (χ1v) is 5.75. The Labute approximate surface area is 95.8 Å². The van der Waals surface area contributed by atoms with E-state index in [1.165, 1.54) is 0 Å². The largest absolute Gasteiger partial charge is 0.384 e. The SMILES string of the molecule is CCOC(CC)(CC)c1noc([C@H](C)O)n1. The molecular weight excluding hydrogens is 208 g/mol. The molecule has 0 bridgehead atoms. The second kappa shape index (κ2) is 5.41. The first-order chi connectivity index (χ1) is 7.59. The maximum atomic E-state index is 9.34. The summed E-state index contributed by atoms with van der Waals surface area (Å²) in [7, 11) is 0. The first kappa shape index (κ1) is 13.1. The molecule has 0 aromatic carbocycles. The van der Waals surface area contributed by atoms with Gasteiger partial charge in [-0.15, -0.1) is 0 Å². The fourth-order valence-corrected chi connectivity index (χ4v) is 1.70. The lowest BCUT2D eigenvalue weighted by Gasteiger charge is -2.27. The molecule has 1 rings (SSSR count). The molecule has 0 aliphatic rings. The molecule has 16 heavy (non-hydrogen) atoms. The van der Waals surface area contributed by atoms with E-state index in [0.29, 0.717) is 12.4 Å². The van der Waals surface area contributed by atoms with E-state index in [1.54, 1.807) is 6.92 Å². The zero-order valence-corrected chi connectivity index (χ0v) is 10.4. The third-order valence-corrected chi connectivity index (χ3v) is 2.77. The average Bonchev–Trinajstić information content (AvgIpc) is 2.76. The van der Waals surface area contributed by atoms with Crippen molar-refractivity contribution in [3.05, 3.63) is 11.7 Å². The summed E-state index contributed by atoms with van der Waals surface area (Å²) in [6, 6.07) is 0. The first-order valence-electron chi connectivity index (χ1n) is 5.75. The van der Waals surface area contributed by atoms with E-state index in [0.717, 1.165) is 12.8 Å². The van der Waals surface area contributed by atoms with Crippen molar-refractivity contribution in [1.82, 2.24) is 10.1 Å². The second-order valence-electron chi connectivity index (χ2n) is 3.77. The number of aliphatic hydroxyl groups is 1. The Hall–Kier alpha value is -0.940. The molecule has 0 aliphatic carbocycles. The molecule has 0 fully saturated rings. The lowest BCUT2D eigenvalue weighted by molar-refractivity contribution is -0.0583. The Kier molecular flexibility index (Phi) is 4.44. The van der Waals surface area contributed by atoms with Crippen molar-refractivity contribution >= 4 is 0 Å². The van der Waals surface area contributed by atoms with E-state index >= 15 is 0 Å². The molecule has 1 aromatic rings. The topological polar surface area (TPSA) is 68.4 Å². The molecule has 0 radical (unpaired) electrons. The van der Waals surface area contributed by atoms with Crippen LogP contribution in [-0.2, 0) is 10.3 Å². The van der Waals surface area contributed by atoms with Gasteiger partial charge in [0.25, 0.3) is 5.89 Å². The third-order valence-electron chi connectivity index (χ3n) is 2.77. The van der Waals surface area contributed by atoms with Gasteiger partial charge < -0.3 is 14.4 Å². The minimum absolute atomic E-state index is 0.237. The van der Waals surface area contributed by atoms with Crippen LogP contribution in [0.2, 0.25) is 0 Å². The van der Waals surface area contributed by atoms with Crippen LogP contribution in [0.25, 0.3) is 0 Å². The molecular formula is C11H20N2O3. The summed E-state index contributed by atoms with van der Waals surface area (Å²) in [5, 5.41) is 13.2. The summed E-state index contributed by atoms with van der Waals surface area (Å²) in [5.41, 5.74) is -0.495. The zero-order valence-electron chi connectivity index (χ0n) is 10.4. The number of aromatic nitrogens is 2. The van der Waals surface area contributed by atoms with Gasteiger partial charge in [-0.25, -0.2) is 0 Å². The number of aliphatic hydroxyl groups excluding tert-OH is 1. The number of hydrogen-bond acceptors (Lipinski definition) is 5. The summed E-state index contributed by atoms with van der Waals surface area (Å²) < 4.78 is 10.7. The number of hydrogen-bond donors (Lipinski definition) is 1. The highest BCUT2D eigenvalue weighted by atomic mass is 16.5. The Morgan fingerprint density at radius 2 is 2.00 bits per heavy atom. The van der Waals surface area contributed by atoms with Gasteiger partial charge in [-0.3, -0.25) is 0 Å². The average molecular weight is 228 g/mol. The van der Waals surface area contributed by atoms with Gasteiger partial charge in [0.15, 0.2) is 0 Å². The van der Waals surface area contributed by atoms with Gasteiger partial charge in [0.2, 0.25) is 5.82 Å². The summed E-state index contributed by atoms with van der Waals surface area (Å²) >= 11 is 0. The number of ether oxygens (including phenoxy) is 1. The van der Waals surface area contributed by atoms with Gasteiger partial charge in [0.05, 0.1) is 0 Å². The minimum atomic E-state index is -0.741. The standard InChI is InChI=1S/C11H20N2O3/c1-5-11(6-2,15-7-3)10-12-9(8(4)14)16-13-10/h8,14H,5-7H2,1-4H3/t8-/m0/s1. The monoisotopic (exact) mass is 228 g/mol. The molecule has 0 amide bonds. The Bertz CT molecular complexity index is 319. The molecule has 1 N–H and O–H groups in total. The van der Waals surface area contributed by atoms with Crippen LogP contribution in [0.15, 0.2) is 4.52 Å². The predicted octanol–water partition coefficient (Wildman–Crippen LogP) is 2.17. The highest BCUT2D eigenvalue weighted by Crippen LogP contribution is 2.31. The number of nitrogens with zero attached hydrogens (tertiary/aromatic N) is 2. The van der Waals surface area contributed by atoms with Crippen LogP contribution in [0, 0.1) is 0 Å². The maximum Gasteiger partial charge on any atom is 0.255 e. The van der Waals surface area contributed by atoms with Crippen LogP contribution in [0.4, 0.5) is 0 Å². The Balaban J connectivity index is 3.00. The molecule has 5 heteroatoms. The molecule has 5 nitrogen and oxygen atoms in total. The summed E-state index contributed by atoms with van der Waals surface area (Å²) in [6.45, 7) is 8.18. The van der Waals surface area contributed by atoms with Gasteiger partial charge in [-0.2, -0.15) is 4.98 Å². The highest BCUT2D eigenvalue weighted by Gasteiger charge is 2.34. The van der Waals surface area contributed by atoms with Crippen LogP contribution in [0.5, 0.6) is 0 Å². The number of rotatable bonds is 6. The van der Waals surface area contributed by atoms with E-state index in [4.69, 9.17) is 9.26 Å². The molecule has 0 aliphatic heterocycles. The molecule has 0 saturated carbocycles. The van der Waals surface area contributed by atoms with Crippen molar-refractivity contribution in [2.24, 2.45) is 0 Å². The summed E-state index contributed by atoms with van der Waals surface area (Å²) in [5.74, 6) is 0.760. The van der Waals surface area contributed by atoms with Crippen molar-refractivity contribution in [3.63, 3.8) is 0 Å². The van der Waals surface area contributed by atoms with Crippen molar-refractivity contribution in [3.8, 4) is 0 Å². The molecule has 1 atom stereocenters. The van der Waals surface area contributed by atoms with E-state index in [1.807, 2.05) is 20.8 Å². The second-order valence-corrected chi connectivity index (χ2v) is 3.77. The smallest absolute Gasteiger partial charge is 0.255 e. The van der Waals surface area contributed by atoms with E-state index in [2.05, 4.69) is 10.1 Å². The fraction of sp³-hybridized carbons (Fsp3) is 0.818. The van der Waals surface area contributed by atoms with Gasteiger partial charge in [-0.05, 0) is 26.7 Å². The Morgan fingerprint density at radius 3 is 2.38 bits per heavy atom. The minimum Gasteiger partial charge on any atom is -0.384 e. The maximum absolute atomic E-state index is 9.34. The van der Waals surface area contributed by atoms with E-state index in [-0.39, 0.29) is 5.89 Å². The van der Waals surface area contributed by atoms with Crippen molar-refractivity contribution < 1.29 is 14.4 Å². The van der Waals surface area contributed by atoms with Gasteiger partial charge in [0.1, 0.15) is 11.7 Å². The van der Waals surface area contributed by atoms with Crippen molar-refractivity contribution in [2.75, 3.05) is 6.61 Å². The van der Waals surface area contributed by atoms with Crippen molar-refractivity contribution in [1.29, 1.82) is 0 Å². The molecule has 1 heterocycles. The third kappa shape index (κ3) is 2.41. The molecule has 1 aromatic heterocycles. The van der Waals surface area contributed by atoms with Crippen LogP contribution in [0.3, 0.4) is 0 Å². The lowest BCUT2D eigenvalue weighted by Crippen LogP contribution is -2.29. The quantitative estimate of drug-likeness (QED) is 0.808. The van der Waals surface area contributed by atoms with Gasteiger partial charge in [-0.1, -0.05) is 19.0 Å². The van der Waals surface area contributed by atoms with Gasteiger partial charge >= 0.3 is 0 Å². The van der Waals surface area contributed by atoms with E-state index in [9.17, 15) is 5.11 Å². The van der Waals surface area contributed by atoms with Gasteiger partial charge in [0, 0.05) is 6.61 Å². The fourth-order valence-electron chi connectivity index (χ4n) is 1.70. The van der Waals surface area contributed by atoms with Crippen LogP contribution in [-0.4, -0.2) is 21.9 Å². The summed E-state index contributed by atoms with van der Waals surface area (Å²) in [4.78, 5) is 4.19. The van der Waals surface area contributed by atoms with Crippen molar-refractivity contribution in [2.45, 2.75) is 52.2 Å². The molecule has 0 spiro atoms. The Morgan fingerprint density at radius 1 is 1.38 bits per heavy atom. The van der Waals surface area contributed by atoms with E-state index < -0.39 is 11.7 Å². The van der Waals surface area contributed by atoms with Crippen LogP contribution < -0.4 is 0 Å². The summed E-state index contributed by atoms with van der Waals surface area (Å²) in [6.07, 6.45) is 0.806. The zero-order chi connectivity index (χ0) is 12.2. The van der Waals surface area contributed by atoms with Crippen LogP contribution in [0.1, 0.15) is 58.4 Å². The lowest BCUT2D eigenvalue weighted by atomic mass is 9.96. The highest BCUT2D eigenvalue weighted by molar-refractivity contribution is 5.01. The predicted molar refractivity (Wildman–Crippen MR) is 58.8 cm³/mol. The van der Waals surface area contributed by atoms with Crippen LogP contribution >= 0.6 is 0 Å². The normalized spacial score (nSPS) is 14.1. The molecule has 0 saturated heterocycles.